The third-order valence-corrected chi connectivity index (χ3v) is 2.79. The SMILES string of the molecule is C=C1CCC(C)CCOCC(C)C1. The summed E-state index contributed by atoms with van der Waals surface area (Å²) < 4.78 is 5.60. The molecule has 1 heteroatoms. The van der Waals surface area contributed by atoms with Gasteiger partial charge in [0.1, 0.15) is 0 Å². The molecule has 0 saturated carbocycles. The van der Waals surface area contributed by atoms with Gasteiger partial charge in [0.25, 0.3) is 0 Å². The molecule has 1 fully saturated rings. The Morgan fingerprint density at radius 1 is 1.23 bits per heavy atom. The van der Waals surface area contributed by atoms with E-state index in [0.717, 1.165) is 25.6 Å². The zero-order valence-corrected chi connectivity index (χ0v) is 9.01. The maximum Gasteiger partial charge on any atom is 0.0494 e. The van der Waals surface area contributed by atoms with Crippen molar-refractivity contribution in [1.29, 1.82) is 0 Å². The normalized spacial score (nSPS) is 32.9. The molecule has 0 spiro atoms. The van der Waals surface area contributed by atoms with Gasteiger partial charge in [-0.05, 0) is 37.5 Å². The highest BCUT2D eigenvalue weighted by Crippen LogP contribution is 2.21. The van der Waals surface area contributed by atoms with Gasteiger partial charge >= 0.3 is 0 Å². The molecular weight excluding hydrogens is 160 g/mol. The van der Waals surface area contributed by atoms with Crippen molar-refractivity contribution in [3.63, 3.8) is 0 Å². The lowest BCUT2D eigenvalue weighted by Gasteiger charge is -2.19. The molecule has 1 nitrogen and oxygen atoms in total. The van der Waals surface area contributed by atoms with Crippen molar-refractivity contribution in [2.45, 2.75) is 39.5 Å². The second-order valence-electron chi connectivity index (χ2n) is 4.57. The Kier molecular flexibility index (Phi) is 4.51. The molecule has 0 amide bonds. The quantitative estimate of drug-likeness (QED) is 0.522. The molecule has 2 unspecified atom stereocenters. The fraction of sp³-hybridized carbons (Fsp3) is 0.833. The predicted octanol–water partition coefficient (Wildman–Crippen LogP) is 3.41. The Labute approximate surface area is 82.2 Å². The van der Waals surface area contributed by atoms with Gasteiger partial charge in [-0.3, -0.25) is 0 Å². The Balaban J connectivity index is 2.37. The minimum atomic E-state index is 0.654. The van der Waals surface area contributed by atoms with Crippen LogP contribution in [0, 0.1) is 11.8 Å². The lowest BCUT2D eigenvalue weighted by atomic mass is 9.94. The van der Waals surface area contributed by atoms with Crippen molar-refractivity contribution >= 4 is 0 Å². The molecule has 76 valence electrons. The van der Waals surface area contributed by atoms with Gasteiger partial charge in [-0.15, -0.1) is 0 Å². The molecule has 0 N–H and O–H groups in total. The molecular formula is C12H22O. The van der Waals surface area contributed by atoms with E-state index in [0.29, 0.717) is 5.92 Å². The summed E-state index contributed by atoms with van der Waals surface area (Å²) in [4.78, 5) is 0. The number of ether oxygens (including phenoxy) is 1. The maximum absolute atomic E-state index is 5.60. The Morgan fingerprint density at radius 2 is 2.00 bits per heavy atom. The van der Waals surface area contributed by atoms with Crippen LogP contribution in [0.25, 0.3) is 0 Å². The second kappa shape index (κ2) is 5.43. The number of hydrogen-bond acceptors (Lipinski definition) is 1. The van der Waals surface area contributed by atoms with Gasteiger partial charge in [-0.25, -0.2) is 0 Å². The van der Waals surface area contributed by atoms with Gasteiger partial charge in [0.05, 0.1) is 0 Å². The smallest absolute Gasteiger partial charge is 0.0494 e. The molecule has 13 heavy (non-hydrogen) atoms. The third kappa shape index (κ3) is 4.47. The van der Waals surface area contributed by atoms with E-state index in [2.05, 4.69) is 20.4 Å². The van der Waals surface area contributed by atoms with Crippen LogP contribution in [0.3, 0.4) is 0 Å². The van der Waals surface area contributed by atoms with Crippen molar-refractivity contribution in [3.05, 3.63) is 12.2 Å². The van der Waals surface area contributed by atoms with Crippen LogP contribution in [0.15, 0.2) is 12.2 Å². The maximum atomic E-state index is 5.60. The highest BCUT2D eigenvalue weighted by atomic mass is 16.5. The highest BCUT2D eigenvalue weighted by Gasteiger charge is 2.10. The molecule has 2 atom stereocenters. The summed E-state index contributed by atoms with van der Waals surface area (Å²) in [6, 6.07) is 0. The van der Waals surface area contributed by atoms with Crippen LogP contribution >= 0.6 is 0 Å². The van der Waals surface area contributed by atoms with Crippen LogP contribution in [-0.2, 0) is 4.74 Å². The van der Waals surface area contributed by atoms with Crippen LogP contribution in [0.4, 0.5) is 0 Å². The number of allylic oxidation sites excluding steroid dienone is 1. The van der Waals surface area contributed by atoms with Gasteiger partial charge in [0.2, 0.25) is 0 Å². The van der Waals surface area contributed by atoms with E-state index >= 15 is 0 Å². The summed E-state index contributed by atoms with van der Waals surface area (Å²) in [5, 5.41) is 0. The molecule has 0 aromatic carbocycles. The van der Waals surface area contributed by atoms with Crippen LogP contribution in [0.5, 0.6) is 0 Å². The van der Waals surface area contributed by atoms with Gasteiger partial charge in [0.15, 0.2) is 0 Å². The Morgan fingerprint density at radius 3 is 2.77 bits per heavy atom. The first-order valence-corrected chi connectivity index (χ1v) is 5.43. The van der Waals surface area contributed by atoms with E-state index in [1.165, 1.54) is 24.8 Å². The molecule has 0 bridgehead atoms. The van der Waals surface area contributed by atoms with Crippen molar-refractivity contribution in [1.82, 2.24) is 0 Å². The van der Waals surface area contributed by atoms with Crippen molar-refractivity contribution < 1.29 is 4.74 Å². The first-order chi connectivity index (χ1) is 6.18. The lowest BCUT2D eigenvalue weighted by Crippen LogP contribution is -2.12. The van der Waals surface area contributed by atoms with E-state index in [1.807, 2.05) is 0 Å². The Hall–Kier alpha value is -0.300. The molecule has 1 rings (SSSR count). The molecule has 0 aliphatic carbocycles. The summed E-state index contributed by atoms with van der Waals surface area (Å²) in [5.41, 5.74) is 1.41. The first-order valence-electron chi connectivity index (χ1n) is 5.43. The monoisotopic (exact) mass is 182 g/mol. The fourth-order valence-corrected chi connectivity index (χ4v) is 1.82. The standard InChI is InChI=1S/C12H22O/c1-10-4-5-11(2)8-12(3)9-13-7-6-10/h10,12H,2,4-9H2,1,3H3. The highest BCUT2D eigenvalue weighted by molar-refractivity contribution is 4.95. The minimum absolute atomic E-state index is 0.654. The van der Waals surface area contributed by atoms with Crippen LogP contribution in [0.2, 0.25) is 0 Å². The van der Waals surface area contributed by atoms with Crippen molar-refractivity contribution in [2.75, 3.05) is 13.2 Å². The summed E-state index contributed by atoms with van der Waals surface area (Å²) in [7, 11) is 0. The average molecular weight is 182 g/mol. The van der Waals surface area contributed by atoms with Gasteiger partial charge in [-0.2, -0.15) is 0 Å². The minimum Gasteiger partial charge on any atom is -0.381 e. The number of rotatable bonds is 0. The number of hydrogen-bond donors (Lipinski definition) is 0. The van der Waals surface area contributed by atoms with E-state index in [4.69, 9.17) is 4.74 Å². The van der Waals surface area contributed by atoms with Crippen LogP contribution in [0.1, 0.15) is 39.5 Å². The second-order valence-corrected chi connectivity index (χ2v) is 4.57. The van der Waals surface area contributed by atoms with Crippen molar-refractivity contribution in [3.8, 4) is 0 Å². The largest absolute Gasteiger partial charge is 0.381 e. The van der Waals surface area contributed by atoms with Gasteiger partial charge in [0, 0.05) is 13.2 Å². The lowest BCUT2D eigenvalue weighted by molar-refractivity contribution is 0.0908. The zero-order valence-electron chi connectivity index (χ0n) is 9.01. The summed E-state index contributed by atoms with van der Waals surface area (Å²) >= 11 is 0. The molecule has 1 aliphatic rings. The van der Waals surface area contributed by atoms with Crippen molar-refractivity contribution in [2.24, 2.45) is 11.8 Å². The molecule has 1 heterocycles. The molecule has 1 saturated heterocycles. The summed E-state index contributed by atoms with van der Waals surface area (Å²) in [6.07, 6.45) is 4.85. The molecule has 1 aliphatic heterocycles. The van der Waals surface area contributed by atoms with Gasteiger partial charge < -0.3 is 4.74 Å². The zero-order chi connectivity index (χ0) is 9.68. The average Bonchev–Trinajstić information content (AvgIpc) is 2.08. The summed E-state index contributed by atoms with van der Waals surface area (Å²) in [6.45, 7) is 10.5. The summed E-state index contributed by atoms with van der Waals surface area (Å²) in [5.74, 6) is 1.45. The van der Waals surface area contributed by atoms with E-state index in [-0.39, 0.29) is 0 Å². The van der Waals surface area contributed by atoms with Crippen LogP contribution in [-0.4, -0.2) is 13.2 Å². The van der Waals surface area contributed by atoms with Crippen LogP contribution < -0.4 is 0 Å². The van der Waals surface area contributed by atoms with E-state index < -0.39 is 0 Å². The molecule has 0 radical (unpaired) electrons. The molecule has 0 aromatic rings. The Bertz CT molecular complexity index is 163. The van der Waals surface area contributed by atoms with E-state index in [1.54, 1.807) is 0 Å². The predicted molar refractivity (Wildman–Crippen MR) is 56.8 cm³/mol. The topological polar surface area (TPSA) is 9.23 Å². The fourth-order valence-electron chi connectivity index (χ4n) is 1.82. The molecule has 0 aromatic heterocycles. The van der Waals surface area contributed by atoms with E-state index in [9.17, 15) is 0 Å². The third-order valence-electron chi connectivity index (χ3n) is 2.79. The van der Waals surface area contributed by atoms with Gasteiger partial charge in [-0.1, -0.05) is 26.0 Å². The first kappa shape index (κ1) is 10.8.